The third kappa shape index (κ3) is 5.35. The van der Waals surface area contributed by atoms with E-state index in [2.05, 4.69) is 4.72 Å². The lowest BCUT2D eigenvalue weighted by Gasteiger charge is -2.13. The zero-order chi connectivity index (χ0) is 16.0. The average molecular weight is 315 g/mol. The average Bonchev–Trinajstić information content (AvgIpc) is 2.38. The molecule has 0 amide bonds. The second-order valence-electron chi connectivity index (χ2n) is 4.92. The van der Waals surface area contributed by atoms with E-state index in [-0.39, 0.29) is 23.8 Å². The van der Waals surface area contributed by atoms with E-state index in [0.717, 1.165) is 5.56 Å². The molecule has 118 valence electrons. The molecule has 0 spiro atoms. The Morgan fingerprint density at radius 3 is 2.62 bits per heavy atom. The van der Waals surface area contributed by atoms with Crippen molar-refractivity contribution in [1.29, 1.82) is 0 Å². The molecule has 0 heterocycles. The van der Waals surface area contributed by atoms with Crippen molar-refractivity contribution in [3.63, 3.8) is 0 Å². The molecule has 6 nitrogen and oxygen atoms in total. The highest BCUT2D eigenvalue weighted by Crippen LogP contribution is 2.21. The van der Waals surface area contributed by atoms with Crippen LogP contribution in [0.25, 0.3) is 0 Å². The van der Waals surface area contributed by atoms with Crippen LogP contribution in [0.1, 0.15) is 25.8 Å². The predicted octanol–water partition coefficient (Wildman–Crippen LogP) is 1.78. The Morgan fingerprint density at radius 2 is 2.10 bits per heavy atom. The van der Waals surface area contributed by atoms with Crippen LogP contribution in [-0.4, -0.2) is 32.6 Å². The van der Waals surface area contributed by atoms with Gasteiger partial charge >= 0.3 is 5.97 Å². The zero-order valence-electron chi connectivity index (χ0n) is 12.4. The van der Waals surface area contributed by atoms with Gasteiger partial charge in [0.1, 0.15) is 5.75 Å². The van der Waals surface area contributed by atoms with Gasteiger partial charge in [0, 0.05) is 13.0 Å². The second-order valence-corrected chi connectivity index (χ2v) is 6.68. The van der Waals surface area contributed by atoms with Gasteiger partial charge in [0.25, 0.3) is 0 Å². The van der Waals surface area contributed by atoms with E-state index < -0.39 is 16.0 Å². The van der Waals surface area contributed by atoms with E-state index in [4.69, 9.17) is 9.84 Å². The van der Waals surface area contributed by atoms with Crippen molar-refractivity contribution in [1.82, 2.24) is 4.72 Å². The molecule has 0 aliphatic heterocycles. The highest BCUT2D eigenvalue weighted by Gasteiger charge is 2.17. The number of sulfonamides is 1. The van der Waals surface area contributed by atoms with Gasteiger partial charge in [-0.3, -0.25) is 4.79 Å². The second kappa shape index (κ2) is 7.42. The standard InChI is InChI=1S/C14H21NO5S/c1-4-20-13-6-5-12(8-11(13)3)21(18,19)15-9-10(2)7-14(16)17/h5-6,8,10,15H,4,7,9H2,1-3H3,(H,16,17). The lowest BCUT2D eigenvalue weighted by atomic mass is 10.1. The molecule has 0 saturated heterocycles. The summed E-state index contributed by atoms with van der Waals surface area (Å²) >= 11 is 0. The molecule has 0 aromatic heterocycles. The number of rotatable bonds is 8. The fourth-order valence-corrected chi connectivity index (χ4v) is 3.06. The van der Waals surface area contributed by atoms with Crippen LogP contribution >= 0.6 is 0 Å². The molecule has 0 aliphatic carbocycles. The third-order valence-electron chi connectivity index (χ3n) is 2.90. The minimum Gasteiger partial charge on any atom is -0.494 e. The normalized spacial score (nSPS) is 12.9. The monoisotopic (exact) mass is 315 g/mol. The fourth-order valence-electron chi connectivity index (χ4n) is 1.81. The van der Waals surface area contributed by atoms with Crippen LogP contribution in [-0.2, 0) is 14.8 Å². The Kier molecular flexibility index (Phi) is 6.17. The maximum Gasteiger partial charge on any atom is 0.303 e. The van der Waals surface area contributed by atoms with Gasteiger partial charge in [0.05, 0.1) is 11.5 Å². The van der Waals surface area contributed by atoms with Crippen LogP contribution in [0.3, 0.4) is 0 Å². The lowest BCUT2D eigenvalue weighted by molar-refractivity contribution is -0.137. The molecule has 1 unspecified atom stereocenters. The summed E-state index contributed by atoms with van der Waals surface area (Å²) in [4.78, 5) is 10.7. The fraction of sp³-hybridized carbons (Fsp3) is 0.500. The Bertz CT molecular complexity index is 597. The number of hydrogen-bond acceptors (Lipinski definition) is 4. The summed E-state index contributed by atoms with van der Waals surface area (Å²) in [5.41, 5.74) is 0.735. The summed E-state index contributed by atoms with van der Waals surface area (Å²) in [7, 11) is -3.64. The van der Waals surface area contributed by atoms with Crippen molar-refractivity contribution in [3.05, 3.63) is 23.8 Å². The van der Waals surface area contributed by atoms with Gasteiger partial charge in [-0.2, -0.15) is 0 Å². The summed E-state index contributed by atoms with van der Waals surface area (Å²) in [6.07, 6.45) is -0.0785. The maximum atomic E-state index is 12.1. The van der Waals surface area contributed by atoms with E-state index in [1.54, 1.807) is 19.9 Å². The minimum absolute atomic E-state index is 0.0785. The number of benzene rings is 1. The van der Waals surface area contributed by atoms with Crippen molar-refractivity contribution >= 4 is 16.0 Å². The Balaban J connectivity index is 2.79. The first-order valence-corrected chi connectivity index (χ1v) is 8.19. The molecule has 21 heavy (non-hydrogen) atoms. The number of carbonyl (C=O) groups is 1. The Hall–Kier alpha value is -1.60. The molecular formula is C14H21NO5S. The van der Waals surface area contributed by atoms with Gasteiger partial charge in [-0.1, -0.05) is 6.92 Å². The van der Waals surface area contributed by atoms with Crippen LogP contribution in [0.15, 0.2) is 23.1 Å². The molecule has 0 radical (unpaired) electrons. The van der Waals surface area contributed by atoms with Gasteiger partial charge in [-0.05, 0) is 43.5 Å². The van der Waals surface area contributed by atoms with Crippen LogP contribution in [0.5, 0.6) is 5.75 Å². The number of nitrogens with one attached hydrogen (secondary N) is 1. The van der Waals surface area contributed by atoms with Crippen molar-refractivity contribution < 1.29 is 23.1 Å². The first-order chi connectivity index (χ1) is 9.76. The van der Waals surface area contributed by atoms with E-state index >= 15 is 0 Å². The molecule has 1 atom stereocenters. The summed E-state index contributed by atoms with van der Waals surface area (Å²) < 4.78 is 32.1. The van der Waals surface area contributed by atoms with E-state index in [1.807, 2.05) is 6.92 Å². The number of aliphatic carboxylic acids is 1. The number of ether oxygens (including phenoxy) is 1. The van der Waals surface area contributed by atoms with Crippen molar-refractivity contribution in [2.45, 2.75) is 32.1 Å². The number of hydrogen-bond donors (Lipinski definition) is 2. The molecule has 1 rings (SSSR count). The first kappa shape index (κ1) is 17.5. The molecule has 7 heteroatoms. The van der Waals surface area contributed by atoms with E-state index in [1.165, 1.54) is 12.1 Å². The van der Waals surface area contributed by atoms with Crippen molar-refractivity contribution in [2.75, 3.05) is 13.2 Å². The zero-order valence-corrected chi connectivity index (χ0v) is 13.2. The van der Waals surface area contributed by atoms with E-state index in [0.29, 0.717) is 12.4 Å². The van der Waals surface area contributed by atoms with Crippen LogP contribution < -0.4 is 9.46 Å². The molecule has 0 fully saturated rings. The van der Waals surface area contributed by atoms with E-state index in [9.17, 15) is 13.2 Å². The van der Waals surface area contributed by atoms with Crippen LogP contribution in [0.2, 0.25) is 0 Å². The number of carboxylic acid groups (broad SMARTS) is 1. The largest absolute Gasteiger partial charge is 0.494 e. The summed E-state index contributed by atoms with van der Waals surface area (Å²) in [6.45, 7) is 5.91. The minimum atomic E-state index is -3.64. The van der Waals surface area contributed by atoms with Gasteiger partial charge in [-0.15, -0.1) is 0 Å². The topological polar surface area (TPSA) is 92.7 Å². The summed E-state index contributed by atoms with van der Waals surface area (Å²) in [6, 6.07) is 4.63. The number of aryl methyl sites for hydroxylation is 1. The summed E-state index contributed by atoms with van der Waals surface area (Å²) in [5, 5.41) is 8.66. The molecule has 1 aromatic carbocycles. The van der Waals surface area contributed by atoms with Gasteiger partial charge in [0.2, 0.25) is 10.0 Å². The SMILES string of the molecule is CCOc1ccc(S(=O)(=O)NCC(C)CC(=O)O)cc1C. The van der Waals surface area contributed by atoms with Gasteiger partial charge < -0.3 is 9.84 Å². The van der Waals surface area contributed by atoms with Gasteiger partial charge in [-0.25, -0.2) is 13.1 Å². The smallest absolute Gasteiger partial charge is 0.303 e. The Labute approximate surface area is 125 Å². The molecular weight excluding hydrogens is 294 g/mol. The first-order valence-electron chi connectivity index (χ1n) is 6.71. The third-order valence-corrected chi connectivity index (χ3v) is 4.32. The molecule has 0 bridgehead atoms. The molecule has 2 N–H and O–H groups in total. The molecule has 0 saturated carbocycles. The Morgan fingerprint density at radius 1 is 1.43 bits per heavy atom. The van der Waals surface area contributed by atoms with Gasteiger partial charge in [0.15, 0.2) is 0 Å². The number of carboxylic acids is 1. The quantitative estimate of drug-likeness (QED) is 0.763. The van der Waals surface area contributed by atoms with Crippen LogP contribution in [0, 0.1) is 12.8 Å². The predicted molar refractivity (Wildman–Crippen MR) is 79.0 cm³/mol. The molecule has 0 aliphatic rings. The maximum absolute atomic E-state index is 12.1. The van der Waals surface area contributed by atoms with Crippen LogP contribution in [0.4, 0.5) is 0 Å². The lowest BCUT2D eigenvalue weighted by Crippen LogP contribution is -2.29. The van der Waals surface area contributed by atoms with Crippen molar-refractivity contribution in [3.8, 4) is 5.75 Å². The highest BCUT2D eigenvalue weighted by atomic mass is 32.2. The molecule has 1 aromatic rings. The highest BCUT2D eigenvalue weighted by molar-refractivity contribution is 7.89. The van der Waals surface area contributed by atoms with Crippen molar-refractivity contribution in [2.24, 2.45) is 5.92 Å². The summed E-state index contributed by atoms with van der Waals surface area (Å²) in [5.74, 6) is -0.574.